The second-order valence-corrected chi connectivity index (χ2v) is 4.32. The van der Waals surface area contributed by atoms with E-state index >= 15 is 0 Å². The first-order valence-electron chi connectivity index (χ1n) is 4.36. The van der Waals surface area contributed by atoms with E-state index in [0.717, 1.165) is 5.56 Å². The van der Waals surface area contributed by atoms with Crippen molar-refractivity contribution in [1.82, 2.24) is 0 Å². The minimum atomic E-state index is -0.352. The lowest BCUT2D eigenvalue weighted by molar-refractivity contribution is 0.620. The summed E-state index contributed by atoms with van der Waals surface area (Å²) in [5.41, 5.74) is 13.4. The van der Waals surface area contributed by atoms with Crippen molar-refractivity contribution in [2.45, 2.75) is 19.3 Å². The highest BCUT2D eigenvalue weighted by Crippen LogP contribution is 2.33. The quantitative estimate of drug-likeness (QED) is 0.738. The van der Waals surface area contributed by atoms with E-state index in [0.29, 0.717) is 16.4 Å². The molecule has 0 aromatic heterocycles. The Morgan fingerprint density at radius 2 is 2.00 bits per heavy atom. The Morgan fingerprint density at radius 3 is 2.50 bits per heavy atom. The lowest BCUT2D eigenvalue weighted by atomic mass is 9.81. The summed E-state index contributed by atoms with van der Waals surface area (Å²) >= 11 is 5.90. The number of rotatable bonds is 2. The van der Waals surface area contributed by atoms with Gasteiger partial charge in [-0.1, -0.05) is 32.0 Å². The fourth-order valence-electron chi connectivity index (χ4n) is 1.24. The molecule has 3 heteroatoms. The van der Waals surface area contributed by atoms with E-state index in [-0.39, 0.29) is 5.41 Å². The van der Waals surface area contributed by atoms with E-state index in [1.54, 1.807) is 12.1 Å². The first kappa shape index (κ1) is 10.9. The average molecular weight is 211 g/mol. The number of hydrogen-bond acceptors (Lipinski definition) is 2. The van der Waals surface area contributed by atoms with Crippen molar-refractivity contribution >= 4 is 17.3 Å². The molecule has 2 nitrogen and oxygen atoms in total. The van der Waals surface area contributed by atoms with Gasteiger partial charge in [0.05, 0.1) is 0 Å². The van der Waals surface area contributed by atoms with Crippen molar-refractivity contribution in [3.63, 3.8) is 0 Å². The van der Waals surface area contributed by atoms with Crippen molar-refractivity contribution in [3.05, 3.63) is 41.1 Å². The van der Waals surface area contributed by atoms with Gasteiger partial charge in [0.2, 0.25) is 0 Å². The molecule has 0 unspecified atom stereocenters. The molecule has 0 saturated heterocycles. The standard InChI is InChI=1S/C11H15ClN2/c1-7(13)11(2,3)9-6-8(12)4-5-10(9)14/h4-6H,1,13-14H2,2-3H3. The van der Waals surface area contributed by atoms with Gasteiger partial charge in [0.25, 0.3) is 0 Å². The van der Waals surface area contributed by atoms with Crippen molar-refractivity contribution in [3.8, 4) is 0 Å². The maximum Gasteiger partial charge on any atom is 0.0410 e. The Balaban J connectivity index is 3.31. The van der Waals surface area contributed by atoms with Crippen LogP contribution in [0.25, 0.3) is 0 Å². The molecule has 1 rings (SSSR count). The van der Waals surface area contributed by atoms with Crippen molar-refractivity contribution in [2.75, 3.05) is 5.73 Å². The number of halogens is 1. The van der Waals surface area contributed by atoms with Crippen molar-refractivity contribution in [1.29, 1.82) is 0 Å². The summed E-state index contributed by atoms with van der Waals surface area (Å²) in [5, 5.41) is 0.656. The maximum atomic E-state index is 5.90. The molecule has 0 spiro atoms. The first-order chi connectivity index (χ1) is 6.35. The molecular formula is C11H15ClN2. The molecule has 0 atom stereocenters. The van der Waals surface area contributed by atoms with Crippen LogP contribution in [0.4, 0.5) is 5.69 Å². The van der Waals surface area contributed by atoms with Crippen molar-refractivity contribution in [2.24, 2.45) is 5.73 Å². The zero-order chi connectivity index (χ0) is 10.9. The molecule has 4 N–H and O–H groups in total. The van der Waals surface area contributed by atoms with Gasteiger partial charge in [-0.25, -0.2) is 0 Å². The molecule has 0 radical (unpaired) electrons. The molecule has 0 aliphatic heterocycles. The summed E-state index contributed by atoms with van der Waals surface area (Å²) in [4.78, 5) is 0. The second-order valence-electron chi connectivity index (χ2n) is 3.88. The maximum absolute atomic E-state index is 5.90. The third kappa shape index (κ3) is 1.85. The van der Waals surface area contributed by atoms with E-state index in [2.05, 4.69) is 6.58 Å². The van der Waals surface area contributed by atoms with Crippen LogP contribution in [0, 0.1) is 0 Å². The SMILES string of the molecule is C=C(N)C(C)(C)c1cc(Cl)ccc1N. The Labute approximate surface area is 89.5 Å². The highest BCUT2D eigenvalue weighted by molar-refractivity contribution is 6.30. The van der Waals surface area contributed by atoms with Gasteiger partial charge in [0.1, 0.15) is 0 Å². The predicted octanol–water partition coefficient (Wildman–Crippen LogP) is 2.67. The summed E-state index contributed by atoms with van der Waals surface area (Å²) < 4.78 is 0. The minimum absolute atomic E-state index is 0.352. The molecule has 1 aromatic rings. The third-order valence-corrected chi connectivity index (χ3v) is 2.73. The summed E-state index contributed by atoms with van der Waals surface area (Å²) in [6.45, 7) is 7.69. The van der Waals surface area contributed by atoms with Crippen LogP contribution in [0.2, 0.25) is 5.02 Å². The Morgan fingerprint density at radius 1 is 1.43 bits per heavy atom. The van der Waals surface area contributed by atoms with Crippen LogP contribution in [-0.4, -0.2) is 0 Å². The first-order valence-corrected chi connectivity index (χ1v) is 4.74. The minimum Gasteiger partial charge on any atom is -0.402 e. The average Bonchev–Trinajstić information content (AvgIpc) is 2.08. The van der Waals surface area contributed by atoms with E-state index in [1.807, 2.05) is 19.9 Å². The number of nitrogen functional groups attached to an aromatic ring is 1. The molecule has 0 aliphatic carbocycles. The Kier molecular flexibility index (Phi) is 2.76. The zero-order valence-corrected chi connectivity index (χ0v) is 9.23. The van der Waals surface area contributed by atoms with Gasteiger partial charge in [0, 0.05) is 21.8 Å². The van der Waals surface area contributed by atoms with Crippen LogP contribution in [0.3, 0.4) is 0 Å². The topological polar surface area (TPSA) is 52.0 Å². The molecular weight excluding hydrogens is 196 g/mol. The Hall–Kier alpha value is -1.15. The van der Waals surface area contributed by atoms with Crippen molar-refractivity contribution < 1.29 is 0 Å². The normalized spacial score (nSPS) is 11.4. The van der Waals surface area contributed by atoms with Gasteiger partial charge in [-0.05, 0) is 23.8 Å². The monoisotopic (exact) mass is 210 g/mol. The fraction of sp³-hybridized carbons (Fsp3) is 0.273. The number of anilines is 1. The smallest absolute Gasteiger partial charge is 0.0410 e. The molecule has 14 heavy (non-hydrogen) atoms. The third-order valence-electron chi connectivity index (χ3n) is 2.49. The van der Waals surface area contributed by atoms with Gasteiger partial charge < -0.3 is 11.5 Å². The van der Waals surface area contributed by atoms with E-state index in [9.17, 15) is 0 Å². The number of nitrogens with two attached hydrogens (primary N) is 2. The number of hydrogen-bond donors (Lipinski definition) is 2. The molecule has 0 saturated carbocycles. The molecule has 0 amide bonds. The summed E-state index contributed by atoms with van der Waals surface area (Å²) in [7, 11) is 0. The van der Waals surface area contributed by atoms with E-state index in [1.165, 1.54) is 0 Å². The predicted molar refractivity (Wildman–Crippen MR) is 62.2 cm³/mol. The van der Waals surface area contributed by atoms with E-state index < -0.39 is 0 Å². The van der Waals surface area contributed by atoms with Gasteiger partial charge >= 0.3 is 0 Å². The fourth-order valence-corrected chi connectivity index (χ4v) is 1.41. The van der Waals surface area contributed by atoms with Crippen LogP contribution < -0.4 is 11.5 Å². The lowest BCUT2D eigenvalue weighted by Gasteiger charge is -2.26. The van der Waals surface area contributed by atoms with E-state index in [4.69, 9.17) is 23.1 Å². The number of benzene rings is 1. The lowest BCUT2D eigenvalue weighted by Crippen LogP contribution is -2.26. The summed E-state index contributed by atoms with van der Waals surface area (Å²) in [6.07, 6.45) is 0. The van der Waals surface area contributed by atoms with Crippen LogP contribution in [-0.2, 0) is 5.41 Å². The van der Waals surface area contributed by atoms with Gasteiger partial charge in [0.15, 0.2) is 0 Å². The molecule has 0 fully saturated rings. The highest BCUT2D eigenvalue weighted by atomic mass is 35.5. The van der Waals surface area contributed by atoms with Crippen LogP contribution >= 0.6 is 11.6 Å². The summed E-state index contributed by atoms with van der Waals surface area (Å²) in [5.74, 6) is 0. The van der Waals surface area contributed by atoms with Crippen LogP contribution in [0.1, 0.15) is 19.4 Å². The van der Waals surface area contributed by atoms with Crippen LogP contribution in [0.15, 0.2) is 30.5 Å². The van der Waals surface area contributed by atoms with Gasteiger partial charge in [-0.3, -0.25) is 0 Å². The van der Waals surface area contributed by atoms with Crippen LogP contribution in [0.5, 0.6) is 0 Å². The molecule has 76 valence electrons. The largest absolute Gasteiger partial charge is 0.402 e. The zero-order valence-electron chi connectivity index (χ0n) is 8.47. The molecule has 0 aliphatic rings. The number of allylic oxidation sites excluding steroid dienone is 1. The van der Waals surface area contributed by atoms with Gasteiger partial charge in [-0.2, -0.15) is 0 Å². The Bertz CT molecular complexity index is 370. The molecule has 1 aromatic carbocycles. The molecule has 0 bridgehead atoms. The second kappa shape index (κ2) is 3.54. The highest BCUT2D eigenvalue weighted by Gasteiger charge is 2.24. The molecule has 0 heterocycles. The summed E-state index contributed by atoms with van der Waals surface area (Å²) in [6, 6.07) is 5.37. The van der Waals surface area contributed by atoms with Gasteiger partial charge in [-0.15, -0.1) is 0 Å².